The summed E-state index contributed by atoms with van der Waals surface area (Å²) in [7, 11) is 0. The molecule has 0 unspecified atom stereocenters. The Hall–Kier alpha value is -3.65. The molecule has 8 heteroatoms. The van der Waals surface area contributed by atoms with E-state index in [9.17, 15) is 4.79 Å². The number of amides is 1. The van der Waals surface area contributed by atoms with E-state index in [0.717, 1.165) is 17.4 Å². The molecule has 8 nitrogen and oxygen atoms in total. The number of hydrogen-bond donors (Lipinski definition) is 0. The summed E-state index contributed by atoms with van der Waals surface area (Å²) < 4.78 is 22.0. The number of benzene rings is 2. The molecule has 2 aromatic carbocycles. The first-order chi connectivity index (χ1) is 16.2. The van der Waals surface area contributed by atoms with Gasteiger partial charge >= 0.3 is 0 Å². The lowest BCUT2D eigenvalue weighted by Crippen LogP contribution is -2.36. The van der Waals surface area contributed by atoms with E-state index < -0.39 is 0 Å². The van der Waals surface area contributed by atoms with Gasteiger partial charge < -0.3 is 18.8 Å². The molecule has 170 valence electrons. The number of carbonyl (C=O) groups is 1. The minimum Gasteiger partial charge on any atom is -0.486 e. The third-order valence-electron chi connectivity index (χ3n) is 5.90. The third kappa shape index (κ3) is 4.75. The molecular formula is C25H25N3O5. The van der Waals surface area contributed by atoms with Crippen molar-refractivity contribution in [3.8, 4) is 5.75 Å². The monoisotopic (exact) mass is 447 g/mol. The average molecular weight is 447 g/mol. The molecule has 0 aliphatic carbocycles. The van der Waals surface area contributed by atoms with E-state index in [4.69, 9.17) is 18.5 Å². The van der Waals surface area contributed by atoms with Crippen LogP contribution in [-0.4, -0.2) is 47.4 Å². The molecule has 1 saturated heterocycles. The van der Waals surface area contributed by atoms with Crippen molar-refractivity contribution in [2.24, 2.45) is 5.92 Å². The van der Waals surface area contributed by atoms with Gasteiger partial charge in [0, 0.05) is 24.4 Å². The Bertz CT molecular complexity index is 1250. The molecule has 5 rings (SSSR count). The normalized spacial score (nSPS) is 16.6. The quantitative estimate of drug-likeness (QED) is 0.441. The smallest absolute Gasteiger partial charge is 0.257 e. The first-order valence-corrected chi connectivity index (χ1v) is 11.0. The summed E-state index contributed by atoms with van der Waals surface area (Å²) in [4.78, 5) is 15.3. The van der Waals surface area contributed by atoms with E-state index in [1.54, 1.807) is 25.3 Å². The lowest BCUT2D eigenvalue weighted by molar-refractivity contribution is 0.0732. The van der Waals surface area contributed by atoms with Crippen molar-refractivity contribution in [3.63, 3.8) is 0 Å². The maximum absolute atomic E-state index is 13.5. The average Bonchev–Trinajstić information content (AvgIpc) is 3.40. The largest absolute Gasteiger partial charge is 0.486 e. The van der Waals surface area contributed by atoms with Crippen LogP contribution in [0.4, 0.5) is 0 Å². The standard InChI is InChI=1S/C25H25N3O5/c1-17-22(27-33-26-17)16-32-23-5-3-2-4-21(23)25(29)28-9-11-30-15-19(14-28)12-18-6-7-20-8-10-31-24(20)13-18/h2-8,10,13,19H,9,11-12,14-16H2,1H3/t19-/m0/s1. The van der Waals surface area contributed by atoms with E-state index >= 15 is 0 Å². The van der Waals surface area contributed by atoms with Gasteiger partial charge in [-0.2, -0.15) is 0 Å². The van der Waals surface area contributed by atoms with Crippen LogP contribution in [0, 0.1) is 12.8 Å². The van der Waals surface area contributed by atoms with Crippen molar-refractivity contribution in [1.29, 1.82) is 0 Å². The number of furan rings is 1. The number of para-hydroxylation sites is 1. The van der Waals surface area contributed by atoms with Crippen LogP contribution < -0.4 is 4.74 Å². The predicted molar refractivity (Wildman–Crippen MR) is 120 cm³/mol. The van der Waals surface area contributed by atoms with Crippen LogP contribution in [0.1, 0.15) is 27.3 Å². The number of nitrogens with zero attached hydrogens (tertiary/aromatic N) is 3. The molecule has 0 N–H and O–H groups in total. The number of aryl methyl sites for hydroxylation is 1. The number of ether oxygens (including phenoxy) is 2. The SMILES string of the molecule is Cc1nonc1COc1ccccc1C(=O)N1CCOC[C@@H](Cc2ccc3ccoc3c2)C1. The van der Waals surface area contributed by atoms with E-state index in [0.29, 0.717) is 49.0 Å². The summed E-state index contributed by atoms with van der Waals surface area (Å²) >= 11 is 0. The molecule has 1 fully saturated rings. The maximum atomic E-state index is 13.5. The second-order valence-electron chi connectivity index (χ2n) is 8.27. The minimum atomic E-state index is -0.0717. The van der Waals surface area contributed by atoms with Gasteiger partial charge in [-0.1, -0.05) is 34.6 Å². The molecule has 33 heavy (non-hydrogen) atoms. The fourth-order valence-electron chi connectivity index (χ4n) is 4.11. The van der Waals surface area contributed by atoms with Crippen LogP contribution in [-0.2, 0) is 17.8 Å². The fraction of sp³-hybridized carbons (Fsp3) is 0.320. The molecular weight excluding hydrogens is 422 g/mol. The van der Waals surface area contributed by atoms with Crippen molar-refractivity contribution in [2.75, 3.05) is 26.3 Å². The van der Waals surface area contributed by atoms with Crippen molar-refractivity contribution in [3.05, 3.63) is 77.3 Å². The second kappa shape index (κ2) is 9.46. The van der Waals surface area contributed by atoms with Crippen molar-refractivity contribution < 1.29 is 23.3 Å². The maximum Gasteiger partial charge on any atom is 0.257 e. The zero-order valence-corrected chi connectivity index (χ0v) is 18.4. The lowest BCUT2D eigenvalue weighted by Gasteiger charge is -2.24. The molecule has 3 heterocycles. The van der Waals surface area contributed by atoms with Crippen LogP contribution in [0.5, 0.6) is 5.75 Å². The Kier molecular flexibility index (Phi) is 6.08. The van der Waals surface area contributed by atoms with Gasteiger partial charge in [0.2, 0.25) is 0 Å². The van der Waals surface area contributed by atoms with E-state index in [-0.39, 0.29) is 18.4 Å². The van der Waals surface area contributed by atoms with Crippen LogP contribution in [0.25, 0.3) is 11.0 Å². The highest BCUT2D eigenvalue weighted by Gasteiger charge is 2.26. The van der Waals surface area contributed by atoms with Gasteiger partial charge in [0.1, 0.15) is 29.3 Å². The summed E-state index contributed by atoms with van der Waals surface area (Å²) in [6.07, 6.45) is 2.50. The van der Waals surface area contributed by atoms with Crippen molar-refractivity contribution in [1.82, 2.24) is 15.2 Å². The zero-order chi connectivity index (χ0) is 22.6. The van der Waals surface area contributed by atoms with Gasteiger partial charge in [-0.15, -0.1) is 0 Å². The van der Waals surface area contributed by atoms with Crippen LogP contribution in [0.15, 0.2) is 63.8 Å². The summed E-state index contributed by atoms with van der Waals surface area (Å²) in [6.45, 7) is 4.24. The van der Waals surface area contributed by atoms with E-state index in [1.807, 2.05) is 23.1 Å². The summed E-state index contributed by atoms with van der Waals surface area (Å²) in [6, 6.07) is 15.5. The van der Waals surface area contributed by atoms with Crippen LogP contribution in [0.3, 0.4) is 0 Å². The lowest BCUT2D eigenvalue weighted by atomic mass is 9.98. The fourth-order valence-corrected chi connectivity index (χ4v) is 4.11. The Labute approximate surface area is 191 Å². The van der Waals surface area contributed by atoms with Gasteiger partial charge in [-0.3, -0.25) is 4.79 Å². The highest BCUT2D eigenvalue weighted by Crippen LogP contribution is 2.24. The molecule has 1 aliphatic heterocycles. The molecule has 1 amide bonds. The third-order valence-corrected chi connectivity index (χ3v) is 5.90. The Morgan fingerprint density at radius 1 is 1.18 bits per heavy atom. The van der Waals surface area contributed by atoms with E-state index in [2.05, 4.69) is 28.5 Å². The molecule has 4 aromatic rings. The van der Waals surface area contributed by atoms with Gasteiger partial charge in [-0.05, 0) is 43.2 Å². The first kappa shape index (κ1) is 21.2. The molecule has 0 bridgehead atoms. The highest BCUT2D eigenvalue weighted by atomic mass is 16.6. The van der Waals surface area contributed by atoms with Gasteiger partial charge in [0.05, 0.1) is 25.0 Å². The molecule has 2 aromatic heterocycles. The number of hydrogen-bond acceptors (Lipinski definition) is 7. The molecule has 0 saturated carbocycles. The predicted octanol–water partition coefficient (Wildman–Crippen LogP) is 4.03. The molecule has 0 radical (unpaired) electrons. The Morgan fingerprint density at radius 3 is 2.97 bits per heavy atom. The molecule has 1 aliphatic rings. The number of aromatic nitrogens is 2. The number of fused-ring (bicyclic) bond motifs is 1. The summed E-state index contributed by atoms with van der Waals surface area (Å²) in [5.41, 5.74) is 3.83. The van der Waals surface area contributed by atoms with E-state index in [1.165, 1.54) is 5.56 Å². The van der Waals surface area contributed by atoms with Gasteiger partial charge in [0.15, 0.2) is 0 Å². The topological polar surface area (TPSA) is 90.8 Å². The number of rotatable bonds is 6. The van der Waals surface area contributed by atoms with Crippen molar-refractivity contribution in [2.45, 2.75) is 20.0 Å². The van der Waals surface area contributed by atoms with Crippen LogP contribution in [0.2, 0.25) is 0 Å². The zero-order valence-electron chi connectivity index (χ0n) is 18.4. The first-order valence-electron chi connectivity index (χ1n) is 11.0. The minimum absolute atomic E-state index is 0.0717. The molecule has 1 atom stereocenters. The second-order valence-corrected chi connectivity index (χ2v) is 8.27. The van der Waals surface area contributed by atoms with Crippen LogP contribution >= 0.6 is 0 Å². The summed E-state index contributed by atoms with van der Waals surface area (Å²) in [5.74, 6) is 0.619. The van der Waals surface area contributed by atoms with Gasteiger partial charge in [-0.25, -0.2) is 4.63 Å². The Balaban J connectivity index is 1.29. The highest BCUT2D eigenvalue weighted by molar-refractivity contribution is 5.97. The van der Waals surface area contributed by atoms with Gasteiger partial charge in [0.25, 0.3) is 5.91 Å². The van der Waals surface area contributed by atoms with Crippen molar-refractivity contribution >= 4 is 16.9 Å². The molecule has 0 spiro atoms. The summed E-state index contributed by atoms with van der Waals surface area (Å²) in [5, 5.41) is 8.69. The Morgan fingerprint density at radius 2 is 2.09 bits per heavy atom. The number of carbonyl (C=O) groups excluding carboxylic acids is 1.